The zero-order valence-corrected chi connectivity index (χ0v) is 12.3. The van der Waals surface area contributed by atoms with Crippen LogP contribution in [-0.2, 0) is 4.74 Å². The monoisotopic (exact) mass is 283 g/mol. The van der Waals surface area contributed by atoms with Crippen LogP contribution in [0.5, 0.6) is 0 Å². The first-order chi connectivity index (χ1) is 9.15. The molecule has 1 aromatic rings. The molecule has 19 heavy (non-hydrogen) atoms. The first-order valence-electron chi connectivity index (χ1n) is 7.00. The van der Waals surface area contributed by atoms with E-state index in [1.807, 2.05) is 13.8 Å². The highest BCUT2D eigenvalue weighted by atomic mass is 32.1. The largest absolute Gasteiger partial charge is 0.392 e. The Labute approximate surface area is 117 Å². The van der Waals surface area contributed by atoms with Crippen molar-refractivity contribution in [1.29, 1.82) is 0 Å². The van der Waals surface area contributed by atoms with Gasteiger partial charge in [0, 0.05) is 43.1 Å². The van der Waals surface area contributed by atoms with Gasteiger partial charge in [-0.1, -0.05) is 0 Å². The fourth-order valence-electron chi connectivity index (χ4n) is 3.35. The summed E-state index contributed by atoms with van der Waals surface area (Å²) in [7, 11) is 0. The molecule has 2 atom stereocenters. The van der Waals surface area contributed by atoms with Crippen LogP contribution in [0.15, 0.2) is 0 Å². The lowest BCUT2D eigenvalue weighted by molar-refractivity contribution is -0.199. The molecular formula is C13H21N3O2S. The second-order valence-corrected chi connectivity index (χ2v) is 6.27. The average Bonchev–Trinajstić information content (AvgIpc) is 2.85. The number of rotatable bonds is 3. The smallest absolute Gasteiger partial charge is 0.205 e. The Morgan fingerprint density at radius 3 is 2.74 bits per heavy atom. The zero-order valence-electron chi connectivity index (χ0n) is 11.5. The van der Waals surface area contributed by atoms with Crippen LogP contribution in [0.1, 0.15) is 32.0 Å². The van der Waals surface area contributed by atoms with Crippen LogP contribution in [-0.4, -0.2) is 46.4 Å². The first kappa shape index (κ1) is 13.3. The third kappa shape index (κ3) is 2.15. The number of aliphatic hydroxyl groups excluding tert-OH is 1. The van der Waals surface area contributed by atoms with E-state index in [2.05, 4.69) is 14.3 Å². The Hall–Kier alpha value is -0.720. The molecule has 3 rings (SSSR count). The molecule has 0 aromatic carbocycles. The van der Waals surface area contributed by atoms with E-state index >= 15 is 0 Å². The van der Waals surface area contributed by atoms with Gasteiger partial charge in [0.05, 0.1) is 12.2 Å². The van der Waals surface area contributed by atoms with Gasteiger partial charge in [0.15, 0.2) is 0 Å². The van der Waals surface area contributed by atoms with Gasteiger partial charge in [-0.15, -0.1) is 0 Å². The molecule has 0 unspecified atom stereocenters. The van der Waals surface area contributed by atoms with Crippen LogP contribution in [0.4, 0.5) is 5.13 Å². The molecule has 0 radical (unpaired) electrons. The van der Waals surface area contributed by atoms with Gasteiger partial charge in [0.25, 0.3) is 0 Å². The molecule has 1 saturated heterocycles. The summed E-state index contributed by atoms with van der Waals surface area (Å²) in [5, 5.41) is 11.2. The van der Waals surface area contributed by atoms with Crippen LogP contribution in [0.2, 0.25) is 0 Å². The Kier molecular flexibility index (Phi) is 3.49. The second kappa shape index (κ2) is 5.00. The van der Waals surface area contributed by atoms with Gasteiger partial charge < -0.3 is 14.7 Å². The van der Waals surface area contributed by atoms with Gasteiger partial charge in [0.2, 0.25) is 5.13 Å². The zero-order chi connectivity index (χ0) is 13.5. The predicted molar refractivity (Wildman–Crippen MR) is 74.6 cm³/mol. The molecule has 5 nitrogen and oxygen atoms in total. The molecule has 6 heteroatoms. The van der Waals surface area contributed by atoms with Crippen LogP contribution in [0.25, 0.3) is 0 Å². The lowest BCUT2D eigenvalue weighted by Crippen LogP contribution is -2.62. The van der Waals surface area contributed by atoms with Crippen LogP contribution in [0, 0.1) is 12.3 Å². The fourth-order valence-corrected chi connectivity index (χ4v) is 4.07. The summed E-state index contributed by atoms with van der Waals surface area (Å²) >= 11 is 1.46. The number of nitrogens with zero attached hydrogens (tertiary/aromatic N) is 3. The van der Waals surface area contributed by atoms with Crippen LogP contribution < -0.4 is 4.90 Å². The Morgan fingerprint density at radius 2 is 2.21 bits per heavy atom. The van der Waals surface area contributed by atoms with E-state index in [-0.39, 0.29) is 17.6 Å². The topological polar surface area (TPSA) is 58.5 Å². The maximum absolute atomic E-state index is 10.2. The van der Waals surface area contributed by atoms with Gasteiger partial charge in [-0.2, -0.15) is 4.37 Å². The SMILES string of the molecule is CCO[C@@H]1C[C@@H](O)C12CCN(c1nc(C)ns1)CC2. The minimum Gasteiger partial charge on any atom is -0.392 e. The highest BCUT2D eigenvalue weighted by Gasteiger charge is 2.56. The lowest BCUT2D eigenvalue weighted by Gasteiger charge is -2.56. The van der Waals surface area contributed by atoms with Crippen molar-refractivity contribution in [1.82, 2.24) is 9.36 Å². The van der Waals surface area contributed by atoms with Crippen LogP contribution in [0.3, 0.4) is 0 Å². The molecule has 1 saturated carbocycles. The van der Waals surface area contributed by atoms with Gasteiger partial charge in [-0.25, -0.2) is 4.98 Å². The average molecular weight is 283 g/mol. The van der Waals surface area contributed by atoms with Gasteiger partial charge in [-0.3, -0.25) is 0 Å². The normalized spacial score (nSPS) is 29.5. The number of aryl methyl sites for hydroxylation is 1. The Morgan fingerprint density at radius 1 is 1.47 bits per heavy atom. The minimum absolute atomic E-state index is 0.00770. The highest BCUT2D eigenvalue weighted by molar-refractivity contribution is 7.09. The van der Waals surface area contributed by atoms with E-state index in [4.69, 9.17) is 4.74 Å². The highest BCUT2D eigenvalue weighted by Crippen LogP contribution is 2.51. The van der Waals surface area contributed by atoms with E-state index in [0.29, 0.717) is 0 Å². The molecular weight excluding hydrogens is 262 g/mol. The minimum atomic E-state index is -0.192. The van der Waals surface area contributed by atoms with Crippen molar-refractivity contribution in [2.24, 2.45) is 5.41 Å². The van der Waals surface area contributed by atoms with E-state index in [1.165, 1.54) is 11.5 Å². The molecule has 106 valence electrons. The molecule has 0 bridgehead atoms. The number of aromatic nitrogens is 2. The molecule has 1 aliphatic heterocycles. The molecule has 0 amide bonds. The molecule has 1 aromatic heterocycles. The summed E-state index contributed by atoms with van der Waals surface area (Å²) in [6.07, 6.45) is 2.81. The predicted octanol–water partition coefficient (Wildman–Crippen LogP) is 1.60. The first-order valence-corrected chi connectivity index (χ1v) is 7.78. The third-order valence-corrected chi connectivity index (χ3v) is 5.46. The summed E-state index contributed by atoms with van der Waals surface area (Å²) < 4.78 is 10.0. The number of anilines is 1. The van der Waals surface area contributed by atoms with Crippen molar-refractivity contribution in [3.63, 3.8) is 0 Å². The molecule has 2 fully saturated rings. The molecule has 2 heterocycles. The molecule has 1 N–H and O–H groups in total. The Balaban J connectivity index is 1.65. The number of hydrogen-bond donors (Lipinski definition) is 1. The van der Waals surface area contributed by atoms with Crippen molar-refractivity contribution in [3.8, 4) is 0 Å². The lowest BCUT2D eigenvalue weighted by atomic mass is 9.58. The van der Waals surface area contributed by atoms with E-state index in [9.17, 15) is 5.11 Å². The quantitative estimate of drug-likeness (QED) is 0.913. The number of piperidine rings is 1. The maximum atomic E-state index is 10.2. The number of hydrogen-bond acceptors (Lipinski definition) is 6. The molecule has 2 aliphatic rings. The summed E-state index contributed by atoms with van der Waals surface area (Å²) in [6.45, 7) is 6.56. The van der Waals surface area contributed by atoms with Crippen LogP contribution >= 0.6 is 11.5 Å². The summed E-state index contributed by atoms with van der Waals surface area (Å²) in [5.74, 6) is 0.844. The van der Waals surface area contributed by atoms with Crippen molar-refractivity contribution in [3.05, 3.63) is 5.82 Å². The molecule has 1 spiro atoms. The van der Waals surface area contributed by atoms with Crippen molar-refractivity contribution in [2.45, 2.75) is 45.3 Å². The van der Waals surface area contributed by atoms with E-state index < -0.39 is 0 Å². The summed E-state index contributed by atoms with van der Waals surface area (Å²) in [5.41, 5.74) is -0.00770. The van der Waals surface area contributed by atoms with Gasteiger partial charge in [0.1, 0.15) is 5.82 Å². The Bertz CT molecular complexity index is 441. The van der Waals surface area contributed by atoms with E-state index in [1.54, 1.807) is 0 Å². The van der Waals surface area contributed by atoms with Gasteiger partial charge >= 0.3 is 0 Å². The molecule has 1 aliphatic carbocycles. The standard InChI is InChI=1S/C13H21N3O2S/c1-3-18-11-8-10(17)13(11)4-6-16(7-5-13)12-14-9(2)15-19-12/h10-11,17H,3-8H2,1-2H3/t10-,11-/m1/s1. The summed E-state index contributed by atoms with van der Waals surface area (Å²) in [4.78, 5) is 6.72. The van der Waals surface area contributed by atoms with Crippen molar-refractivity contribution >= 4 is 16.7 Å². The fraction of sp³-hybridized carbons (Fsp3) is 0.846. The van der Waals surface area contributed by atoms with E-state index in [0.717, 1.165) is 49.9 Å². The van der Waals surface area contributed by atoms with Crippen molar-refractivity contribution < 1.29 is 9.84 Å². The maximum Gasteiger partial charge on any atom is 0.205 e. The third-order valence-electron chi connectivity index (χ3n) is 4.59. The summed E-state index contributed by atoms with van der Waals surface area (Å²) in [6, 6.07) is 0. The van der Waals surface area contributed by atoms with Crippen molar-refractivity contribution in [2.75, 3.05) is 24.6 Å². The number of aliphatic hydroxyl groups is 1. The number of ether oxygens (including phenoxy) is 1. The second-order valence-electron chi connectivity index (χ2n) is 5.54. The van der Waals surface area contributed by atoms with Gasteiger partial charge in [-0.05, 0) is 26.7 Å².